The van der Waals surface area contributed by atoms with Gasteiger partial charge in [0.25, 0.3) is 0 Å². The molecule has 1 aliphatic carbocycles. The van der Waals surface area contributed by atoms with Gasteiger partial charge in [0.15, 0.2) is 5.82 Å². The third-order valence-corrected chi connectivity index (χ3v) is 3.29. The van der Waals surface area contributed by atoms with Crippen LogP contribution in [0.4, 0.5) is 4.39 Å². The van der Waals surface area contributed by atoms with Crippen LogP contribution in [0.3, 0.4) is 0 Å². The second-order valence-electron chi connectivity index (χ2n) is 4.41. The lowest BCUT2D eigenvalue weighted by atomic mass is 10.2. The second-order valence-corrected chi connectivity index (χ2v) is 4.82. The van der Waals surface area contributed by atoms with E-state index in [1.807, 2.05) is 0 Å². The number of aromatic carboxylic acids is 1. The summed E-state index contributed by atoms with van der Waals surface area (Å²) in [5.41, 5.74) is 0.462. The van der Waals surface area contributed by atoms with Crippen LogP contribution in [-0.2, 0) is 0 Å². The van der Waals surface area contributed by atoms with Crippen molar-refractivity contribution in [3.8, 4) is 11.5 Å². The molecule has 1 saturated carbocycles. The number of nitrogens with zero attached hydrogens (tertiary/aromatic N) is 1. The fourth-order valence-electron chi connectivity index (χ4n) is 1.90. The number of benzene rings is 1. The number of rotatable bonds is 3. The zero-order valence-corrected chi connectivity index (χ0v) is 10.4. The molecule has 6 heteroatoms. The van der Waals surface area contributed by atoms with E-state index in [0.29, 0.717) is 5.69 Å². The van der Waals surface area contributed by atoms with E-state index >= 15 is 0 Å². The largest absolute Gasteiger partial charge is 0.475 e. The van der Waals surface area contributed by atoms with E-state index in [1.165, 1.54) is 12.1 Å². The number of oxazole rings is 1. The maximum Gasteiger partial charge on any atom is 0.373 e. The van der Waals surface area contributed by atoms with E-state index in [2.05, 4.69) is 4.98 Å². The fourth-order valence-corrected chi connectivity index (χ4v) is 2.08. The quantitative estimate of drug-likeness (QED) is 0.931. The first-order valence-electron chi connectivity index (χ1n) is 5.76. The SMILES string of the molecule is O=C(O)c1oc(-c2cccc(Cl)c2F)nc1C1CC1. The Bertz CT molecular complexity index is 664. The molecule has 0 aliphatic heterocycles. The topological polar surface area (TPSA) is 63.3 Å². The summed E-state index contributed by atoms with van der Waals surface area (Å²) in [4.78, 5) is 15.2. The number of hydrogen-bond donors (Lipinski definition) is 1. The molecule has 98 valence electrons. The molecule has 1 fully saturated rings. The number of carboxylic acid groups (broad SMARTS) is 1. The molecule has 0 bridgehead atoms. The first-order valence-corrected chi connectivity index (χ1v) is 6.14. The molecule has 0 atom stereocenters. The Hall–Kier alpha value is -1.88. The Labute approximate surface area is 112 Å². The second kappa shape index (κ2) is 4.35. The lowest BCUT2D eigenvalue weighted by molar-refractivity contribution is 0.0661. The third kappa shape index (κ3) is 2.10. The first kappa shape index (κ1) is 12.2. The zero-order valence-electron chi connectivity index (χ0n) is 9.69. The highest BCUT2D eigenvalue weighted by atomic mass is 35.5. The Balaban J connectivity index is 2.13. The summed E-state index contributed by atoms with van der Waals surface area (Å²) < 4.78 is 19.1. The molecule has 0 unspecified atom stereocenters. The summed E-state index contributed by atoms with van der Waals surface area (Å²) in [6, 6.07) is 4.42. The molecule has 0 radical (unpaired) electrons. The van der Waals surface area contributed by atoms with Crippen LogP contribution >= 0.6 is 11.6 Å². The average molecular weight is 282 g/mol. The van der Waals surface area contributed by atoms with Crippen molar-refractivity contribution in [1.82, 2.24) is 4.98 Å². The van der Waals surface area contributed by atoms with Gasteiger partial charge in [0.05, 0.1) is 16.3 Å². The maximum atomic E-state index is 13.9. The lowest BCUT2D eigenvalue weighted by Crippen LogP contribution is -1.98. The van der Waals surface area contributed by atoms with E-state index in [-0.39, 0.29) is 28.2 Å². The molecule has 1 N–H and O–H groups in total. The highest BCUT2D eigenvalue weighted by Crippen LogP contribution is 2.42. The van der Waals surface area contributed by atoms with Crippen molar-refractivity contribution in [3.63, 3.8) is 0 Å². The molecule has 1 heterocycles. The van der Waals surface area contributed by atoms with Crippen molar-refractivity contribution >= 4 is 17.6 Å². The van der Waals surface area contributed by atoms with Crippen LogP contribution in [0.1, 0.15) is 35.0 Å². The Kier molecular flexibility index (Phi) is 2.78. The van der Waals surface area contributed by atoms with E-state index in [4.69, 9.17) is 21.1 Å². The Morgan fingerprint density at radius 2 is 2.21 bits per heavy atom. The molecule has 0 amide bonds. The zero-order chi connectivity index (χ0) is 13.6. The number of aromatic nitrogens is 1. The van der Waals surface area contributed by atoms with Crippen LogP contribution in [-0.4, -0.2) is 16.1 Å². The van der Waals surface area contributed by atoms with E-state index in [1.54, 1.807) is 6.07 Å². The summed E-state index contributed by atoms with van der Waals surface area (Å²) in [6.45, 7) is 0. The van der Waals surface area contributed by atoms with Gasteiger partial charge in [-0.05, 0) is 25.0 Å². The van der Waals surface area contributed by atoms with Gasteiger partial charge in [-0.1, -0.05) is 17.7 Å². The third-order valence-electron chi connectivity index (χ3n) is 2.99. The fraction of sp³-hybridized carbons (Fsp3) is 0.231. The molecule has 0 saturated heterocycles. The lowest BCUT2D eigenvalue weighted by Gasteiger charge is -1.99. The van der Waals surface area contributed by atoms with Gasteiger partial charge in [-0.2, -0.15) is 0 Å². The van der Waals surface area contributed by atoms with Crippen molar-refractivity contribution in [1.29, 1.82) is 0 Å². The summed E-state index contributed by atoms with van der Waals surface area (Å²) in [5.74, 6) is -2.00. The van der Waals surface area contributed by atoms with Gasteiger partial charge in [0, 0.05) is 5.92 Å². The molecular formula is C13H9ClFNO3. The normalized spacial score (nSPS) is 14.6. The molecule has 19 heavy (non-hydrogen) atoms. The van der Waals surface area contributed by atoms with Crippen LogP contribution in [0.2, 0.25) is 5.02 Å². The van der Waals surface area contributed by atoms with Crippen LogP contribution in [0, 0.1) is 5.82 Å². The van der Waals surface area contributed by atoms with Crippen molar-refractivity contribution in [2.45, 2.75) is 18.8 Å². The van der Waals surface area contributed by atoms with Gasteiger partial charge in [0.1, 0.15) is 0 Å². The molecular weight excluding hydrogens is 273 g/mol. The Morgan fingerprint density at radius 1 is 1.47 bits per heavy atom. The highest BCUT2D eigenvalue weighted by molar-refractivity contribution is 6.31. The van der Waals surface area contributed by atoms with Gasteiger partial charge in [-0.15, -0.1) is 0 Å². The van der Waals surface area contributed by atoms with Gasteiger partial charge in [-0.25, -0.2) is 14.2 Å². The monoisotopic (exact) mass is 281 g/mol. The summed E-state index contributed by atoms with van der Waals surface area (Å²) in [6.07, 6.45) is 1.76. The van der Waals surface area contributed by atoms with E-state index in [9.17, 15) is 9.18 Å². The van der Waals surface area contributed by atoms with Gasteiger partial charge in [0.2, 0.25) is 11.7 Å². The molecule has 1 aromatic heterocycles. The molecule has 2 aromatic rings. The molecule has 1 aliphatic rings. The van der Waals surface area contributed by atoms with Gasteiger partial charge in [-0.3, -0.25) is 0 Å². The number of halogens is 2. The summed E-state index contributed by atoms with van der Waals surface area (Å²) >= 11 is 5.69. The van der Waals surface area contributed by atoms with Gasteiger partial charge < -0.3 is 9.52 Å². The van der Waals surface area contributed by atoms with Crippen LogP contribution < -0.4 is 0 Å². The number of hydrogen-bond acceptors (Lipinski definition) is 3. The summed E-state index contributed by atoms with van der Waals surface area (Å²) in [5, 5.41) is 9.02. The predicted molar refractivity (Wildman–Crippen MR) is 65.8 cm³/mol. The standard InChI is InChI=1S/C13H9ClFNO3/c14-8-3-1-2-7(9(8)15)12-16-10(6-4-5-6)11(19-12)13(17)18/h1-3,6H,4-5H2,(H,17,18). The van der Waals surface area contributed by atoms with Crippen molar-refractivity contribution in [3.05, 3.63) is 40.5 Å². The van der Waals surface area contributed by atoms with Crippen LogP contribution in [0.25, 0.3) is 11.5 Å². The Morgan fingerprint density at radius 3 is 2.84 bits per heavy atom. The number of carbonyl (C=O) groups is 1. The smallest absolute Gasteiger partial charge is 0.373 e. The van der Waals surface area contributed by atoms with Crippen LogP contribution in [0.5, 0.6) is 0 Å². The number of carboxylic acids is 1. The minimum absolute atomic E-state index is 0.0423. The van der Waals surface area contributed by atoms with Crippen LogP contribution in [0.15, 0.2) is 22.6 Å². The minimum atomic E-state index is -1.19. The molecule has 3 rings (SSSR count). The highest BCUT2D eigenvalue weighted by Gasteiger charge is 2.34. The van der Waals surface area contributed by atoms with Crippen molar-refractivity contribution in [2.75, 3.05) is 0 Å². The molecule has 4 nitrogen and oxygen atoms in total. The van der Waals surface area contributed by atoms with Crippen molar-refractivity contribution in [2.24, 2.45) is 0 Å². The average Bonchev–Trinajstić information content (AvgIpc) is 3.12. The predicted octanol–water partition coefficient (Wildman–Crippen LogP) is 3.71. The van der Waals surface area contributed by atoms with Crippen molar-refractivity contribution < 1.29 is 18.7 Å². The maximum absolute atomic E-state index is 13.9. The molecule has 0 spiro atoms. The van der Waals surface area contributed by atoms with E-state index < -0.39 is 11.8 Å². The molecule has 1 aromatic carbocycles. The summed E-state index contributed by atoms with van der Waals surface area (Å²) in [7, 11) is 0. The minimum Gasteiger partial charge on any atom is -0.475 e. The van der Waals surface area contributed by atoms with Gasteiger partial charge >= 0.3 is 5.97 Å². The van der Waals surface area contributed by atoms with E-state index in [0.717, 1.165) is 12.8 Å². The first-order chi connectivity index (χ1) is 9.08.